The third-order valence-corrected chi connectivity index (χ3v) is 3.29. The summed E-state index contributed by atoms with van der Waals surface area (Å²) in [4.78, 5) is 35.0. The van der Waals surface area contributed by atoms with Crippen molar-refractivity contribution in [2.75, 3.05) is 10.6 Å². The molecule has 0 bridgehead atoms. The maximum absolute atomic E-state index is 11.9. The molecule has 0 aliphatic rings. The molecule has 0 saturated heterocycles. The van der Waals surface area contributed by atoms with E-state index in [4.69, 9.17) is 17.2 Å². The SMILES string of the molecule is CC(N)=CC(=O)Nc1cc(N[C@H](CC(C)C)C(N)=O)ccc1C(N)=O. The molecular formula is C17H25N5O3. The number of amides is 3. The molecule has 8 N–H and O–H groups in total. The smallest absolute Gasteiger partial charge is 0.250 e. The van der Waals surface area contributed by atoms with Gasteiger partial charge >= 0.3 is 0 Å². The summed E-state index contributed by atoms with van der Waals surface area (Å²) >= 11 is 0. The van der Waals surface area contributed by atoms with Gasteiger partial charge in [-0.05, 0) is 37.5 Å². The van der Waals surface area contributed by atoms with Crippen molar-refractivity contribution in [2.45, 2.75) is 33.2 Å². The normalized spacial score (nSPS) is 12.6. The summed E-state index contributed by atoms with van der Waals surface area (Å²) in [5.41, 5.74) is 17.4. The van der Waals surface area contributed by atoms with E-state index in [1.807, 2.05) is 13.8 Å². The van der Waals surface area contributed by atoms with Gasteiger partial charge in [0.05, 0.1) is 11.3 Å². The number of carbonyl (C=O) groups is 3. The van der Waals surface area contributed by atoms with Crippen LogP contribution >= 0.6 is 0 Å². The molecule has 3 amide bonds. The zero-order valence-electron chi connectivity index (χ0n) is 14.6. The van der Waals surface area contributed by atoms with Crippen molar-refractivity contribution in [3.8, 4) is 0 Å². The van der Waals surface area contributed by atoms with Crippen molar-refractivity contribution >= 4 is 29.1 Å². The zero-order chi connectivity index (χ0) is 19.1. The molecule has 0 unspecified atom stereocenters. The number of allylic oxidation sites excluding steroid dienone is 1. The highest BCUT2D eigenvalue weighted by atomic mass is 16.2. The number of nitrogens with one attached hydrogen (secondary N) is 2. The van der Waals surface area contributed by atoms with E-state index in [9.17, 15) is 14.4 Å². The van der Waals surface area contributed by atoms with Crippen LogP contribution in [0.4, 0.5) is 11.4 Å². The number of hydrogen-bond acceptors (Lipinski definition) is 5. The molecule has 0 fully saturated rings. The maximum Gasteiger partial charge on any atom is 0.250 e. The summed E-state index contributed by atoms with van der Waals surface area (Å²) in [5.74, 6) is -1.41. The standard InChI is InChI=1S/C17H25N5O3/c1-9(2)6-14(17(20)25)21-11-4-5-12(16(19)24)13(8-11)22-15(23)7-10(3)18/h4-5,7-9,14,21H,6,18H2,1-3H3,(H2,19,24)(H2,20,25)(H,22,23)/t14-/m1/s1. The Labute approximate surface area is 146 Å². The van der Waals surface area contributed by atoms with E-state index in [1.165, 1.54) is 18.2 Å². The lowest BCUT2D eigenvalue weighted by atomic mass is 10.0. The van der Waals surface area contributed by atoms with Gasteiger partial charge in [0.1, 0.15) is 6.04 Å². The second kappa shape index (κ2) is 8.72. The zero-order valence-corrected chi connectivity index (χ0v) is 14.6. The van der Waals surface area contributed by atoms with Crippen LogP contribution in [0.25, 0.3) is 0 Å². The van der Waals surface area contributed by atoms with Crippen molar-refractivity contribution < 1.29 is 14.4 Å². The summed E-state index contributed by atoms with van der Waals surface area (Å²) in [6.45, 7) is 5.51. The van der Waals surface area contributed by atoms with Gasteiger partial charge in [0.25, 0.3) is 5.91 Å². The topological polar surface area (TPSA) is 153 Å². The maximum atomic E-state index is 11.9. The molecule has 0 aromatic heterocycles. The molecular weight excluding hydrogens is 322 g/mol. The first kappa shape index (κ1) is 20.0. The molecule has 0 heterocycles. The molecule has 1 aromatic rings. The van der Waals surface area contributed by atoms with Crippen molar-refractivity contribution in [1.82, 2.24) is 0 Å². The first-order valence-corrected chi connectivity index (χ1v) is 7.84. The summed E-state index contributed by atoms with van der Waals surface area (Å²) in [6.07, 6.45) is 1.74. The van der Waals surface area contributed by atoms with Gasteiger partial charge in [-0.2, -0.15) is 0 Å². The molecule has 0 saturated carbocycles. The van der Waals surface area contributed by atoms with Gasteiger partial charge < -0.3 is 27.8 Å². The molecule has 25 heavy (non-hydrogen) atoms. The van der Waals surface area contributed by atoms with Gasteiger partial charge in [0.2, 0.25) is 11.8 Å². The molecule has 1 atom stereocenters. The molecule has 0 radical (unpaired) electrons. The lowest BCUT2D eigenvalue weighted by molar-refractivity contribution is -0.119. The van der Waals surface area contributed by atoms with Gasteiger partial charge in [-0.3, -0.25) is 14.4 Å². The first-order valence-electron chi connectivity index (χ1n) is 7.84. The van der Waals surface area contributed by atoms with E-state index in [0.29, 0.717) is 17.8 Å². The molecule has 1 aromatic carbocycles. The fraction of sp³-hybridized carbons (Fsp3) is 0.353. The van der Waals surface area contributed by atoms with E-state index in [2.05, 4.69) is 10.6 Å². The van der Waals surface area contributed by atoms with Crippen LogP contribution in [0.5, 0.6) is 0 Å². The number of hydrogen-bond donors (Lipinski definition) is 5. The van der Waals surface area contributed by atoms with Crippen molar-refractivity contribution in [2.24, 2.45) is 23.1 Å². The summed E-state index contributed by atoms with van der Waals surface area (Å²) < 4.78 is 0. The van der Waals surface area contributed by atoms with Crippen LogP contribution in [-0.2, 0) is 9.59 Å². The fourth-order valence-corrected chi connectivity index (χ4v) is 2.25. The Kier molecular flexibility index (Phi) is 6.98. The highest BCUT2D eigenvalue weighted by molar-refractivity contribution is 6.06. The van der Waals surface area contributed by atoms with E-state index < -0.39 is 23.8 Å². The van der Waals surface area contributed by atoms with Gasteiger partial charge in [-0.15, -0.1) is 0 Å². The average Bonchev–Trinajstić information content (AvgIpc) is 2.44. The molecule has 136 valence electrons. The molecule has 0 aliphatic heterocycles. The van der Waals surface area contributed by atoms with E-state index in [1.54, 1.807) is 13.0 Å². The Morgan fingerprint density at radius 2 is 1.80 bits per heavy atom. The Morgan fingerprint density at radius 3 is 2.28 bits per heavy atom. The number of carbonyl (C=O) groups excluding carboxylic acids is 3. The van der Waals surface area contributed by atoms with E-state index in [-0.39, 0.29) is 17.2 Å². The Bertz CT molecular complexity index is 694. The van der Waals surface area contributed by atoms with Gasteiger partial charge in [-0.25, -0.2) is 0 Å². The monoisotopic (exact) mass is 347 g/mol. The van der Waals surface area contributed by atoms with Crippen molar-refractivity contribution in [3.05, 3.63) is 35.5 Å². The second-order valence-corrected chi connectivity index (χ2v) is 6.23. The van der Waals surface area contributed by atoms with Crippen molar-refractivity contribution in [1.29, 1.82) is 0 Å². The average molecular weight is 347 g/mol. The van der Waals surface area contributed by atoms with Crippen LogP contribution in [0.15, 0.2) is 30.0 Å². The lowest BCUT2D eigenvalue weighted by Gasteiger charge is -2.19. The number of anilines is 2. The predicted molar refractivity (Wildman–Crippen MR) is 97.6 cm³/mol. The third kappa shape index (κ3) is 6.54. The molecule has 1 rings (SSSR count). The predicted octanol–water partition coefficient (Wildman–Crippen LogP) is 0.898. The summed E-state index contributed by atoms with van der Waals surface area (Å²) in [5, 5.41) is 5.57. The second-order valence-electron chi connectivity index (χ2n) is 6.23. The van der Waals surface area contributed by atoms with Crippen LogP contribution in [0, 0.1) is 5.92 Å². The highest BCUT2D eigenvalue weighted by Crippen LogP contribution is 2.22. The van der Waals surface area contributed by atoms with Crippen molar-refractivity contribution in [3.63, 3.8) is 0 Å². The largest absolute Gasteiger partial charge is 0.402 e. The minimum atomic E-state index is -0.691. The molecule has 8 nitrogen and oxygen atoms in total. The number of rotatable bonds is 8. The van der Waals surface area contributed by atoms with Crippen LogP contribution in [0.3, 0.4) is 0 Å². The van der Waals surface area contributed by atoms with Gasteiger partial charge in [0, 0.05) is 17.5 Å². The minimum absolute atomic E-state index is 0.140. The third-order valence-electron chi connectivity index (χ3n) is 3.29. The fourth-order valence-electron chi connectivity index (χ4n) is 2.25. The van der Waals surface area contributed by atoms with Gasteiger partial charge in [-0.1, -0.05) is 13.8 Å². The van der Waals surface area contributed by atoms with Gasteiger partial charge in [0.15, 0.2) is 0 Å². The van der Waals surface area contributed by atoms with Crippen LogP contribution in [-0.4, -0.2) is 23.8 Å². The molecule has 0 aliphatic carbocycles. The highest BCUT2D eigenvalue weighted by Gasteiger charge is 2.18. The van der Waals surface area contributed by atoms with E-state index >= 15 is 0 Å². The summed E-state index contributed by atoms with van der Waals surface area (Å²) in [7, 11) is 0. The lowest BCUT2D eigenvalue weighted by Crippen LogP contribution is -2.36. The Morgan fingerprint density at radius 1 is 1.16 bits per heavy atom. The Hall–Kier alpha value is -3.03. The van der Waals surface area contributed by atoms with Crippen LogP contribution in [0.2, 0.25) is 0 Å². The quantitative estimate of drug-likeness (QED) is 0.442. The number of primary amides is 2. The van der Waals surface area contributed by atoms with Crippen LogP contribution in [0.1, 0.15) is 37.6 Å². The van der Waals surface area contributed by atoms with E-state index in [0.717, 1.165) is 0 Å². The van der Waals surface area contributed by atoms with Crippen LogP contribution < -0.4 is 27.8 Å². The number of nitrogens with two attached hydrogens (primary N) is 3. The molecule has 8 heteroatoms. The minimum Gasteiger partial charge on any atom is -0.402 e. The molecule has 0 spiro atoms. The number of benzene rings is 1. The summed E-state index contributed by atoms with van der Waals surface area (Å²) in [6, 6.07) is 4.01. The Balaban J connectivity index is 3.12. The first-order chi connectivity index (χ1) is 11.6.